The largest absolute Gasteiger partial charge is 0.404 e. The van der Waals surface area contributed by atoms with E-state index in [9.17, 15) is 0 Å². The van der Waals surface area contributed by atoms with Crippen molar-refractivity contribution >= 4 is 18.2 Å². The van der Waals surface area contributed by atoms with Crippen molar-refractivity contribution in [3.8, 4) is 0 Å². The van der Waals surface area contributed by atoms with Crippen LogP contribution in [-0.2, 0) is 0 Å². The topological polar surface area (TPSA) is 64.9 Å². The molecule has 0 saturated heterocycles. The van der Waals surface area contributed by atoms with Gasteiger partial charge in [-0.1, -0.05) is 29.4 Å². The first-order valence-electron chi connectivity index (χ1n) is 4.58. The van der Waals surface area contributed by atoms with E-state index in [0.29, 0.717) is 5.89 Å². The molecule has 1 heterocycles. The molecule has 1 aromatic heterocycles. The third kappa shape index (κ3) is 2.22. The summed E-state index contributed by atoms with van der Waals surface area (Å²) in [5, 5.41) is 7.29. The fourth-order valence-corrected chi connectivity index (χ4v) is 1.25. The summed E-state index contributed by atoms with van der Waals surface area (Å²) in [6.45, 7) is 2.04. The molecule has 0 aliphatic rings. The number of aryl methyl sites for hydroxylation is 1. The number of aromatic nitrogens is 2. The van der Waals surface area contributed by atoms with E-state index in [4.69, 9.17) is 10.2 Å². The van der Waals surface area contributed by atoms with Gasteiger partial charge in [-0.25, -0.2) is 0 Å². The number of benzene rings is 1. The van der Waals surface area contributed by atoms with Crippen LogP contribution in [0.5, 0.6) is 0 Å². The van der Waals surface area contributed by atoms with Crippen LogP contribution >= 0.6 is 0 Å². The average molecular weight is 201 g/mol. The van der Waals surface area contributed by atoms with Crippen LogP contribution < -0.4 is 5.73 Å². The predicted octanol–water partition coefficient (Wildman–Crippen LogP) is 2.13. The minimum absolute atomic E-state index is 0.0828. The van der Waals surface area contributed by atoms with Gasteiger partial charge in [0, 0.05) is 6.08 Å². The summed E-state index contributed by atoms with van der Waals surface area (Å²) in [6, 6.07) is 8.12. The van der Waals surface area contributed by atoms with E-state index in [1.165, 1.54) is 5.56 Å². The van der Waals surface area contributed by atoms with Gasteiger partial charge < -0.3 is 10.2 Å². The summed E-state index contributed by atoms with van der Waals surface area (Å²) in [4.78, 5) is 0. The van der Waals surface area contributed by atoms with E-state index in [0.717, 1.165) is 5.56 Å². The van der Waals surface area contributed by atoms with Gasteiger partial charge in [0.25, 0.3) is 0 Å². The van der Waals surface area contributed by atoms with Crippen molar-refractivity contribution < 1.29 is 4.42 Å². The normalized spacial score (nSPS) is 11.0. The maximum atomic E-state index is 5.30. The molecule has 0 aliphatic carbocycles. The van der Waals surface area contributed by atoms with Crippen molar-refractivity contribution in [2.45, 2.75) is 6.92 Å². The van der Waals surface area contributed by atoms with E-state index >= 15 is 0 Å². The summed E-state index contributed by atoms with van der Waals surface area (Å²) in [5.41, 5.74) is 7.62. The summed E-state index contributed by atoms with van der Waals surface area (Å²) >= 11 is 0. The summed E-state index contributed by atoms with van der Waals surface area (Å²) < 4.78 is 5.01. The fraction of sp³-hybridized carbons (Fsp3) is 0.0909. The lowest BCUT2D eigenvalue weighted by Crippen LogP contribution is -1.81. The van der Waals surface area contributed by atoms with Crippen LogP contribution in [0.2, 0.25) is 0 Å². The number of rotatable bonds is 2. The van der Waals surface area contributed by atoms with Gasteiger partial charge in [0.05, 0.1) is 0 Å². The molecule has 76 valence electrons. The van der Waals surface area contributed by atoms with Crippen molar-refractivity contribution in [2.75, 3.05) is 5.73 Å². The molecule has 15 heavy (non-hydrogen) atoms. The number of nitrogen functional groups attached to an aromatic ring is 1. The van der Waals surface area contributed by atoms with E-state index in [1.807, 2.05) is 37.3 Å². The van der Waals surface area contributed by atoms with Gasteiger partial charge in [-0.05, 0) is 24.1 Å². The first kappa shape index (κ1) is 9.45. The van der Waals surface area contributed by atoms with Crippen LogP contribution in [0.15, 0.2) is 28.7 Å². The number of hydrogen-bond acceptors (Lipinski definition) is 4. The first-order chi connectivity index (χ1) is 7.25. The highest BCUT2D eigenvalue weighted by Crippen LogP contribution is 2.11. The number of nitrogens with two attached hydrogens (primary N) is 1. The van der Waals surface area contributed by atoms with Crippen molar-refractivity contribution in [3.63, 3.8) is 0 Å². The molecule has 0 unspecified atom stereocenters. The minimum atomic E-state index is 0.0828. The van der Waals surface area contributed by atoms with E-state index < -0.39 is 0 Å². The van der Waals surface area contributed by atoms with Gasteiger partial charge in [-0.15, -0.1) is 5.10 Å². The van der Waals surface area contributed by atoms with Crippen LogP contribution in [0.4, 0.5) is 6.01 Å². The summed E-state index contributed by atoms with van der Waals surface area (Å²) in [7, 11) is 0. The summed E-state index contributed by atoms with van der Waals surface area (Å²) in [5.74, 6) is 0.413. The zero-order chi connectivity index (χ0) is 10.7. The number of nitrogens with zero attached hydrogens (tertiary/aromatic N) is 2. The van der Waals surface area contributed by atoms with Gasteiger partial charge >= 0.3 is 6.01 Å². The lowest BCUT2D eigenvalue weighted by Gasteiger charge is -1.96. The standard InChI is InChI=1S/C11H11N3O/c1-8-4-2-3-5-9(8)6-7-10-13-14-11(12)15-10/h2-7H,1H3,(H2,12,14). The van der Waals surface area contributed by atoms with Crippen molar-refractivity contribution in [3.05, 3.63) is 41.3 Å². The number of anilines is 1. The molecular formula is C11H11N3O. The first-order valence-corrected chi connectivity index (χ1v) is 4.58. The second-order valence-corrected chi connectivity index (χ2v) is 3.17. The van der Waals surface area contributed by atoms with E-state index in [2.05, 4.69) is 10.2 Å². The van der Waals surface area contributed by atoms with Crippen molar-refractivity contribution in [1.82, 2.24) is 10.2 Å². The van der Waals surface area contributed by atoms with Gasteiger partial charge in [-0.2, -0.15) is 0 Å². The van der Waals surface area contributed by atoms with Crippen LogP contribution in [0.25, 0.3) is 12.2 Å². The zero-order valence-corrected chi connectivity index (χ0v) is 8.34. The van der Waals surface area contributed by atoms with Gasteiger partial charge in [0.15, 0.2) is 0 Å². The molecule has 2 aromatic rings. The maximum absolute atomic E-state index is 5.30. The Morgan fingerprint density at radius 1 is 1.20 bits per heavy atom. The molecule has 2 rings (SSSR count). The zero-order valence-electron chi connectivity index (χ0n) is 8.34. The van der Waals surface area contributed by atoms with Gasteiger partial charge in [-0.3, -0.25) is 0 Å². The molecule has 0 bridgehead atoms. The lowest BCUT2D eigenvalue weighted by atomic mass is 10.1. The molecule has 0 amide bonds. The molecule has 4 nitrogen and oxygen atoms in total. The molecule has 0 atom stereocenters. The van der Waals surface area contributed by atoms with E-state index in [1.54, 1.807) is 6.08 Å². The van der Waals surface area contributed by atoms with Crippen molar-refractivity contribution in [1.29, 1.82) is 0 Å². The third-order valence-corrected chi connectivity index (χ3v) is 2.05. The molecular weight excluding hydrogens is 190 g/mol. The van der Waals surface area contributed by atoms with E-state index in [-0.39, 0.29) is 6.01 Å². The highest BCUT2D eigenvalue weighted by Gasteiger charge is 1.97. The third-order valence-electron chi connectivity index (χ3n) is 2.05. The maximum Gasteiger partial charge on any atom is 0.313 e. The molecule has 0 radical (unpaired) electrons. The number of hydrogen-bond donors (Lipinski definition) is 1. The van der Waals surface area contributed by atoms with Crippen LogP contribution in [0, 0.1) is 6.92 Å². The second-order valence-electron chi connectivity index (χ2n) is 3.17. The van der Waals surface area contributed by atoms with Gasteiger partial charge in [0.2, 0.25) is 5.89 Å². The van der Waals surface area contributed by atoms with Crippen LogP contribution in [-0.4, -0.2) is 10.2 Å². The van der Waals surface area contributed by atoms with Crippen LogP contribution in [0.3, 0.4) is 0 Å². The predicted molar refractivity (Wildman–Crippen MR) is 58.8 cm³/mol. The SMILES string of the molecule is Cc1ccccc1C=Cc1nnc(N)o1. The smallest absolute Gasteiger partial charge is 0.313 e. The molecule has 0 aliphatic heterocycles. The second kappa shape index (κ2) is 3.96. The highest BCUT2D eigenvalue weighted by molar-refractivity contribution is 5.67. The molecule has 1 aromatic carbocycles. The lowest BCUT2D eigenvalue weighted by molar-refractivity contribution is 0.563. The summed E-state index contributed by atoms with van der Waals surface area (Å²) in [6.07, 6.45) is 3.66. The Hall–Kier alpha value is -2.10. The molecule has 0 fully saturated rings. The molecule has 0 saturated carbocycles. The minimum Gasteiger partial charge on any atom is -0.404 e. The monoisotopic (exact) mass is 201 g/mol. The van der Waals surface area contributed by atoms with Gasteiger partial charge in [0.1, 0.15) is 0 Å². The quantitative estimate of drug-likeness (QED) is 0.808. The Labute approximate surface area is 87.4 Å². The highest BCUT2D eigenvalue weighted by atomic mass is 16.4. The Balaban J connectivity index is 2.22. The Kier molecular flexibility index (Phi) is 2.49. The Morgan fingerprint density at radius 2 is 2.00 bits per heavy atom. The molecule has 4 heteroatoms. The Morgan fingerprint density at radius 3 is 2.67 bits per heavy atom. The van der Waals surface area contributed by atoms with Crippen LogP contribution in [0.1, 0.15) is 17.0 Å². The average Bonchev–Trinajstić information content (AvgIpc) is 2.63. The van der Waals surface area contributed by atoms with Crippen molar-refractivity contribution in [2.24, 2.45) is 0 Å². The molecule has 0 spiro atoms. The Bertz CT molecular complexity index is 488. The molecule has 2 N–H and O–H groups in total. The fourth-order valence-electron chi connectivity index (χ4n) is 1.25.